The van der Waals surface area contributed by atoms with Crippen LogP contribution >= 0.6 is 0 Å². The van der Waals surface area contributed by atoms with Crippen molar-refractivity contribution in [3.8, 4) is 0 Å². The molecule has 2 aromatic rings. The van der Waals surface area contributed by atoms with Crippen LogP contribution in [0.1, 0.15) is 20.7 Å². The Labute approximate surface area is 159 Å². The standard InChI is InChI=1S/C18H17F3N2O4S/c1-23(2)17(25)13-4-3-5-14(10-13)22-16(24)12-6-8-15(9-7-12)28(26,27)11-18(19,20)21/h3-10H,11H2,1-2H3,(H,22,24). The van der Waals surface area contributed by atoms with Gasteiger partial charge in [0.05, 0.1) is 4.90 Å². The van der Waals surface area contributed by atoms with Crippen LogP contribution in [0.5, 0.6) is 0 Å². The summed E-state index contributed by atoms with van der Waals surface area (Å²) in [4.78, 5) is 25.1. The highest BCUT2D eigenvalue weighted by atomic mass is 32.2. The number of carbonyl (C=O) groups is 2. The van der Waals surface area contributed by atoms with E-state index in [1.54, 1.807) is 32.3 Å². The van der Waals surface area contributed by atoms with Gasteiger partial charge in [0, 0.05) is 30.9 Å². The van der Waals surface area contributed by atoms with E-state index in [4.69, 9.17) is 0 Å². The summed E-state index contributed by atoms with van der Waals surface area (Å²) >= 11 is 0. The van der Waals surface area contributed by atoms with Crippen molar-refractivity contribution in [1.82, 2.24) is 4.90 Å². The smallest absolute Gasteiger partial charge is 0.345 e. The van der Waals surface area contributed by atoms with Gasteiger partial charge in [-0.25, -0.2) is 8.42 Å². The van der Waals surface area contributed by atoms with E-state index in [1.807, 2.05) is 0 Å². The molecule has 0 bridgehead atoms. The number of amides is 2. The first-order valence-electron chi connectivity index (χ1n) is 7.92. The van der Waals surface area contributed by atoms with E-state index >= 15 is 0 Å². The van der Waals surface area contributed by atoms with Crippen LogP contribution < -0.4 is 5.32 Å². The van der Waals surface area contributed by atoms with Crippen molar-refractivity contribution in [2.45, 2.75) is 11.1 Å². The Morgan fingerprint density at radius 2 is 1.61 bits per heavy atom. The summed E-state index contributed by atoms with van der Waals surface area (Å²) in [7, 11) is -1.37. The lowest BCUT2D eigenvalue weighted by Crippen LogP contribution is -2.23. The third-order valence-electron chi connectivity index (χ3n) is 3.60. The summed E-state index contributed by atoms with van der Waals surface area (Å²) in [6.45, 7) is 0. The molecule has 10 heteroatoms. The van der Waals surface area contributed by atoms with Crippen LogP contribution in [0, 0.1) is 0 Å². The molecule has 0 aliphatic carbocycles. The second-order valence-electron chi connectivity index (χ2n) is 6.13. The SMILES string of the molecule is CN(C)C(=O)c1cccc(NC(=O)c2ccc(S(=O)(=O)CC(F)(F)F)cc2)c1. The summed E-state index contributed by atoms with van der Waals surface area (Å²) in [6.07, 6.45) is -4.86. The minimum absolute atomic E-state index is 0.0512. The Balaban J connectivity index is 2.16. The van der Waals surface area contributed by atoms with Crippen LogP contribution in [0.3, 0.4) is 0 Å². The van der Waals surface area contributed by atoms with Crippen LogP contribution in [0.4, 0.5) is 18.9 Å². The first kappa shape index (κ1) is 21.4. The van der Waals surface area contributed by atoms with E-state index in [1.165, 1.54) is 11.0 Å². The van der Waals surface area contributed by atoms with Crippen LogP contribution in [-0.4, -0.2) is 51.2 Å². The van der Waals surface area contributed by atoms with Crippen molar-refractivity contribution in [2.24, 2.45) is 0 Å². The molecule has 150 valence electrons. The van der Waals surface area contributed by atoms with Crippen LogP contribution in [-0.2, 0) is 9.84 Å². The molecular formula is C18H17F3N2O4S. The fraction of sp³-hybridized carbons (Fsp3) is 0.222. The van der Waals surface area contributed by atoms with Crippen molar-refractivity contribution in [3.63, 3.8) is 0 Å². The molecule has 2 aromatic carbocycles. The van der Waals surface area contributed by atoms with Gasteiger partial charge < -0.3 is 10.2 Å². The normalized spacial score (nSPS) is 11.8. The average molecular weight is 414 g/mol. The Bertz CT molecular complexity index is 985. The summed E-state index contributed by atoms with van der Waals surface area (Å²) in [5.41, 5.74) is 0.748. The van der Waals surface area contributed by atoms with Gasteiger partial charge in [-0.3, -0.25) is 9.59 Å². The van der Waals surface area contributed by atoms with Gasteiger partial charge in [0.1, 0.15) is 0 Å². The molecule has 0 atom stereocenters. The lowest BCUT2D eigenvalue weighted by molar-refractivity contribution is -0.106. The number of sulfone groups is 1. The number of nitrogens with one attached hydrogen (secondary N) is 1. The number of benzene rings is 2. The first-order chi connectivity index (χ1) is 12.9. The van der Waals surface area contributed by atoms with Gasteiger partial charge in [0.2, 0.25) is 0 Å². The Morgan fingerprint density at radius 1 is 1.00 bits per heavy atom. The van der Waals surface area contributed by atoms with Gasteiger partial charge in [-0.05, 0) is 42.5 Å². The Kier molecular flexibility index (Phi) is 6.13. The maximum atomic E-state index is 12.4. The topological polar surface area (TPSA) is 83.6 Å². The summed E-state index contributed by atoms with van der Waals surface area (Å²) in [5, 5.41) is 2.55. The minimum atomic E-state index is -4.86. The molecule has 6 nitrogen and oxygen atoms in total. The molecule has 0 unspecified atom stereocenters. The van der Waals surface area contributed by atoms with E-state index < -0.39 is 32.6 Å². The highest BCUT2D eigenvalue weighted by Gasteiger charge is 2.35. The van der Waals surface area contributed by atoms with Gasteiger partial charge in [-0.15, -0.1) is 0 Å². The third-order valence-corrected chi connectivity index (χ3v) is 5.30. The fourth-order valence-electron chi connectivity index (χ4n) is 2.30. The van der Waals surface area contributed by atoms with Gasteiger partial charge in [0.25, 0.3) is 11.8 Å². The summed E-state index contributed by atoms with van der Waals surface area (Å²) < 4.78 is 60.5. The lowest BCUT2D eigenvalue weighted by atomic mass is 10.1. The number of carbonyl (C=O) groups excluding carboxylic acids is 2. The molecule has 2 rings (SSSR count). The third kappa shape index (κ3) is 5.56. The fourth-order valence-corrected chi connectivity index (χ4v) is 3.45. The highest BCUT2D eigenvalue weighted by molar-refractivity contribution is 7.91. The Hall–Kier alpha value is -2.88. The molecule has 2 amide bonds. The molecule has 28 heavy (non-hydrogen) atoms. The number of anilines is 1. The molecule has 1 N–H and O–H groups in total. The van der Waals surface area contributed by atoms with E-state index in [0.717, 1.165) is 24.3 Å². The highest BCUT2D eigenvalue weighted by Crippen LogP contribution is 2.23. The maximum Gasteiger partial charge on any atom is 0.403 e. The molecule has 0 saturated carbocycles. The zero-order chi connectivity index (χ0) is 21.1. The number of hydrogen-bond donors (Lipinski definition) is 1. The number of nitrogens with zero attached hydrogens (tertiary/aromatic N) is 1. The van der Waals surface area contributed by atoms with Gasteiger partial charge in [-0.1, -0.05) is 6.07 Å². The van der Waals surface area contributed by atoms with E-state index in [2.05, 4.69) is 5.32 Å². The molecule has 0 aliphatic heterocycles. The number of halogens is 3. The summed E-state index contributed by atoms with van der Waals surface area (Å²) in [5.74, 6) is -2.83. The predicted octanol–water partition coefficient (Wildman–Crippen LogP) is 2.98. The monoisotopic (exact) mass is 414 g/mol. The van der Waals surface area contributed by atoms with E-state index in [9.17, 15) is 31.2 Å². The summed E-state index contributed by atoms with van der Waals surface area (Å²) in [6, 6.07) is 10.3. The molecule has 0 aromatic heterocycles. The number of rotatable bonds is 5. The molecule has 0 saturated heterocycles. The van der Waals surface area contributed by atoms with E-state index in [-0.39, 0.29) is 11.5 Å². The molecule has 0 fully saturated rings. The maximum absolute atomic E-state index is 12.4. The second-order valence-corrected chi connectivity index (χ2v) is 8.12. The van der Waals surface area contributed by atoms with Gasteiger partial charge in [0.15, 0.2) is 15.6 Å². The predicted molar refractivity (Wildman–Crippen MR) is 97.0 cm³/mol. The number of alkyl halides is 3. The van der Waals surface area contributed by atoms with Crippen molar-refractivity contribution < 1.29 is 31.2 Å². The second kappa shape index (κ2) is 8.01. The van der Waals surface area contributed by atoms with Crippen molar-refractivity contribution in [2.75, 3.05) is 25.2 Å². The van der Waals surface area contributed by atoms with Crippen molar-refractivity contribution in [3.05, 3.63) is 59.7 Å². The first-order valence-corrected chi connectivity index (χ1v) is 9.57. The molecular weight excluding hydrogens is 397 g/mol. The Morgan fingerprint density at radius 3 is 2.14 bits per heavy atom. The molecule has 0 aliphatic rings. The molecule has 0 radical (unpaired) electrons. The quantitative estimate of drug-likeness (QED) is 0.815. The van der Waals surface area contributed by atoms with E-state index in [0.29, 0.717) is 11.3 Å². The van der Waals surface area contributed by atoms with Crippen LogP contribution in [0.2, 0.25) is 0 Å². The minimum Gasteiger partial charge on any atom is -0.345 e. The zero-order valence-corrected chi connectivity index (χ0v) is 15.8. The molecule has 0 spiro atoms. The van der Waals surface area contributed by atoms with Crippen LogP contribution in [0.25, 0.3) is 0 Å². The average Bonchev–Trinajstić information content (AvgIpc) is 2.59. The number of hydrogen-bond acceptors (Lipinski definition) is 4. The van der Waals surface area contributed by atoms with Gasteiger partial charge in [-0.2, -0.15) is 13.2 Å². The van der Waals surface area contributed by atoms with Crippen LogP contribution in [0.15, 0.2) is 53.4 Å². The zero-order valence-electron chi connectivity index (χ0n) is 14.9. The van der Waals surface area contributed by atoms with Crippen molar-refractivity contribution in [1.29, 1.82) is 0 Å². The van der Waals surface area contributed by atoms with Crippen molar-refractivity contribution >= 4 is 27.3 Å². The largest absolute Gasteiger partial charge is 0.403 e. The molecule has 0 heterocycles. The van der Waals surface area contributed by atoms with Gasteiger partial charge >= 0.3 is 6.18 Å². The lowest BCUT2D eigenvalue weighted by Gasteiger charge is -2.12.